The van der Waals surface area contributed by atoms with Crippen LogP contribution in [0.15, 0.2) is 22.2 Å². The standard InChI is InChI=1S/C24H34BrN5O7S/c25-14-9-15(38-12-14)11-36-22-17-21(28-24(26)29-22)30(13-27-17)7-5-3-1-2-4-6-8-35-23-20(34)19(33)18(32)16(10-31)37-23/h9,12-13,16,18-20,23,31-34H,1-8,10-11H2,(H2,26,28,29)/t16-,18+,19+,20-,23-/m1/s1. The number of unbranched alkanes of at least 4 members (excludes halogenated alkanes) is 5. The number of aryl methyl sites for hydroxylation is 1. The molecule has 0 aromatic carbocycles. The molecule has 5 atom stereocenters. The maximum absolute atomic E-state index is 10.00. The van der Waals surface area contributed by atoms with Crippen LogP contribution in [0.5, 0.6) is 5.88 Å². The Morgan fingerprint density at radius 2 is 1.82 bits per heavy atom. The molecule has 4 rings (SSSR count). The number of rotatable bonds is 14. The van der Waals surface area contributed by atoms with Gasteiger partial charge in [0.05, 0.1) is 12.9 Å². The number of aromatic nitrogens is 4. The number of aliphatic hydroxyl groups is 4. The summed E-state index contributed by atoms with van der Waals surface area (Å²) in [5, 5.41) is 40.9. The summed E-state index contributed by atoms with van der Waals surface area (Å²) in [5.74, 6) is 0.522. The summed E-state index contributed by atoms with van der Waals surface area (Å²) < 4.78 is 19.7. The summed E-state index contributed by atoms with van der Waals surface area (Å²) in [4.78, 5) is 14.1. The normalized spacial score (nSPS) is 23.8. The van der Waals surface area contributed by atoms with Crippen LogP contribution in [0.25, 0.3) is 11.2 Å². The van der Waals surface area contributed by atoms with Crippen LogP contribution in [0.1, 0.15) is 43.4 Å². The lowest BCUT2D eigenvalue weighted by molar-refractivity contribution is -0.301. The summed E-state index contributed by atoms with van der Waals surface area (Å²) in [6.07, 6.45) is 1.31. The van der Waals surface area contributed by atoms with Crippen molar-refractivity contribution in [2.24, 2.45) is 0 Å². The molecule has 0 amide bonds. The second kappa shape index (κ2) is 13.9. The van der Waals surface area contributed by atoms with Crippen LogP contribution in [-0.2, 0) is 22.6 Å². The fraction of sp³-hybridized carbons (Fsp3) is 0.625. The number of halogens is 1. The molecule has 38 heavy (non-hydrogen) atoms. The number of hydrogen-bond donors (Lipinski definition) is 5. The van der Waals surface area contributed by atoms with E-state index in [0.717, 1.165) is 54.4 Å². The lowest BCUT2D eigenvalue weighted by Crippen LogP contribution is -2.59. The zero-order valence-corrected chi connectivity index (χ0v) is 23.3. The summed E-state index contributed by atoms with van der Waals surface area (Å²) in [6, 6.07) is 2.00. The van der Waals surface area contributed by atoms with Gasteiger partial charge >= 0.3 is 0 Å². The Morgan fingerprint density at radius 1 is 1.05 bits per heavy atom. The van der Waals surface area contributed by atoms with Crippen LogP contribution in [0.3, 0.4) is 0 Å². The molecule has 0 bridgehead atoms. The summed E-state index contributed by atoms with van der Waals surface area (Å²) in [7, 11) is 0. The van der Waals surface area contributed by atoms with Crippen LogP contribution in [0.2, 0.25) is 0 Å². The lowest BCUT2D eigenvalue weighted by atomic mass is 9.99. The Bertz CT molecular complexity index is 1160. The van der Waals surface area contributed by atoms with E-state index in [9.17, 15) is 20.4 Å². The fourth-order valence-electron chi connectivity index (χ4n) is 4.26. The monoisotopic (exact) mass is 615 g/mol. The lowest BCUT2D eigenvalue weighted by Gasteiger charge is -2.39. The van der Waals surface area contributed by atoms with Gasteiger partial charge in [-0.05, 0) is 34.8 Å². The van der Waals surface area contributed by atoms with E-state index in [1.54, 1.807) is 17.7 Å². The first-order valence-electron chi connectivity index (χ1n) is 12.6. The zero-order valence-electron chi connectivity index (χ0n) is 20.9. The van der Waals surface area contributed by atoms with Gasteiger partial charge in [-0.3, -0.25) is 0 Å². The van der Waals surface area contributed by atoms with Crippen molar-refractivity contribution in [2.75, 3.05) is 18.9 Å². The van der Waals surface area contributed by atoms with E-state index >= 15 is 0 Å². The summed E-state index contributed by atoms with van der Waals surface area (Å²) >= 11 is 5.03. The molecular formula is C24H34BrN5O7S. The number of nitrogen functional groups attached to an aromatic ring is 1. The van der Waals surface area contributed by atoms with Crippen molar-refractivity contribution in [2.45, 2.75) is 82.4 Å². The summed E-state index contributed by atoms with van der Waals surface area (Å²) in [6.45, 7) is 1.01. The van der Waals surface area contributed by atoms with Gasteiger partial charge in [-0.2, -0.15) is 9.97 Å². The maximum Gasteiger partial charge on any atom is 0.247 e. The van der Waals surface area contributed by atoms with Gasteiger partial charge in [-0.1, -0.05) is 25.7 Å². The largest absolute Gasteiger partial charge is 0.470 e. The number of imidazole rings is 1. The van der Waals surface area contributed by atoms with Crippen LogP contribution in [-0.4, -0.2) is 83.9 Å². The average molecular weight is 617 g/mol. The first-order chi connectivity index (χ1) is 18.4. The molecule has 0 saturated carbocycles. The van der Waals surface area contributed by atoms with Crippen molar-refractivity contribution < 1.29 is 34.6 Å². The molecule has 1 fully saturated rings. The van der Waals surface area contributed by atoms with E-state index in [-0.39, 0.29) is 5.95 Å². The van der Waals surface area contributed by atoms with Crippen LogP contribution in [0.4, 0.5) is 5.95 Å². The highest BCUT2D eigenvalue weighted by Gasteiger charge is 2.43. The van der Waals surface area contributed by atoms with Crippen molar-refractivity contribution in [3.63, 3.8) is 0 Å². The first-order valence-corrected chi connectivity index (χ1v) is 14.3. The molecule has 1 saturated heterocycles. The molecule has 3 aromatic rings. The third-order valence-corrected chi connectivity index (χ3v) is 8.02. The van der Waals surface area contributed by atoms with E-state index < -0.39 is 37.3 Å². The number of aliphatic hydroxyl groups excluding tert-OH is 4. The minimum atomic E-state index is -1.42. The van der Waals surface area contributed by atoms with Gasteiger partial charge in [0.2, 0.25) is 11.8 Å². The van der Waals surface area contributed by atoms with E-state index in [1.807, 2.05) is 16.0 Å². The van der Waals surface area contributed by atoms with E-state index in [2.05, 4.69) is 30.9 Å². The number of thiophene rings is 1. The Labute approximate surface area is 232 Å². The van der Waals surface area contributed by atoms with Gasteiger partial charge in [0.15, 0.2) is 17.5 Å². The van der Waals surface area contributed by atoms with Crippen LogP contribution in [0, 0.1) is 0 Å². The fourth-order valence-corrected chi connectivity index (χ4v) is 5.63. The number of hydrogen-bond acceptors (Lipinski definition) is 12. The second-order valence-electron chi connectivity index (χ2n) is 9.21. The predicted molar refractivity (Wildman–Crippen MR) is 144 cm³/mol. The molecule has 1 aliphatic rings. The second-order valence-corrected chi connectivity index (χ2v) is 11.1. The van der Waals surface area contributed by atoms with Gasteiger partial charge in [0, 0.05) is 27.9 Å². The van der Waals surface area contributed by atoms with E-state index in [0.29, 0.717) is 30.3 Å². The number of nitrogens with two attached hydrogens (primary N) is 1. The zero-order chi connectivity index (χ0) is 27.1. The average Bonchev–Trinajstić information content (AvgIpc) is 3.51. The third-order valence-electron chi connectivity index (χ3n) is 6.35. The van der Waals surface area contributed by atoms with E-state index in [4.69, 9.17) is 19.9 Å². The van der Waals surface area contributed by atoms with E-state index in [1.165, 1.54) is 0 Å². The number of ether oxygens (including phenoxy) is 3. The molecule has 6 N–H and O–H groups in total. The molecule has 1 aliphatic heterocycles. The number of anilines is 1. The topological polar surface area (TPSA) is 178 Å². The maximum atomic E-state index is 10.00. The molecule has 0 unspecified atom stereocenters. The van der Waals surface area contributed by atoms with Crippen molar-refractivity contribution in [1.82, 2.24) is 19.5 Å². The Kier molecular flexibility index (Phi) is 10.7. The number of nitrogens with zero attached hydrogens (tertiary/aromatic N) is 4. The Balaban J connectivity index is 1.14. The van der Waals surface area contributed by atoms with Gasteiger partial charge < -0.3 is 44.9 Å². The highest BCUT2D eigenvalue weighted by molar-refractivity contribution is 9.10. The van der Waals surface area contributed by atoms with Gasteiger partial charge in [-0.15, -0.1) is 11.3 Å². The molecular weight excluding hydrogens is 582 g/mol. The molecule has 210 valence electrons. The smallest absolute Gasteiger partial charge is 0.247 e. The SMILES string of the molecule is Nc1nc(OCc2cc(Br)cs2)c2ncn(CCCCCCCCO[C@@H]3O[C@H](CO)[C@H](O)[C@H](O)[C@H]3O)c2n1. The van der Waals surface area contributed by atoms with Crippen molar-refractivity contribution in [3.05, 3.63) is 27.1 Å². The van der Waals surface area contributed by atoms with Gasteiger partial charge in [0.25, 0.3) is 0 Å². The van der Waals surface area contributed by atoms with Gasteiger partial charge in [0.1, 0.15) is 31.0 Å². The molecule has 4 heterocycles. The Morgan fingerprint density at radius 3 is 2.55 bits per heavy atom. The Hall–Kier alpha value is -1.91. The molecule has 0 spiro atoms. The van der Waals surface area contributed by atoms with Gasteiger partial charge in [-0.25, -0.2) is 4.98 Å². The third kappa shape index (κ3) is 7.39. The predicted octanol–water partition coefficient (Wildman–Crippen LogP) is 1.97. The number of fused-ring (bicyclic) bond motifs is 1. The van der Waals surface area contributed by atoms with Crippen molar-refractivity contribution in [3.8, 4) is 5.88 Å². The van der Waals surface area contributed by atoms with Crippen molar-refractivity contribution >= 4 is 44.4 Å². The molecule has 14 heteroatoms. The highest BCUT2D eigenvalue weighted by atomic mass is 79.9. The molecule has 12 nitrogen and oxygen atoms in total. The minimum absolute atomic E-state index is 0.146. The molecule has 3 aromatic heterocycles. The first kappa shape index (κ1) is 29.1. The summed E-state index contributed by atoms with van der Waals surface area (Å²) in [5.41, 5.74) is 7.18. The molecule has 0 aliphatic carbocycles. The van der Waals surface area contributed by atoms with Crippen molar-refractivity contribution in [1.29, 1.82) is 0 Å². The minimum Gasteiger partial charge on any atom is -0.470 e. The quantitative estimate of drug-likeness (QED) is 0.167. The van der Waals surface area contributed by atoms with Crippen LogP contribution < -0.4 is 10.5 Å². The highest BCUT2D eigenvalue weighted by Crippen LogP contribution is 2.26. The molecule has 0 radical (unpaired) electrons. The van der Waals surface area contributed by atoms with Crippen LogP contribution >= 0.6 is 27.3 Å².